The quantitative estimate of drug-likeness (QED) is 0.915. The van der Waals surface area contributed by atoms with Gasteiger partial charge >= 0.3 is 0 Å². The summed E-state index contributed by atoms with van der Waals surface area (Å²) in [5, 5.41) is 2.72. The summed E-state index contributed by atoms with van der Waals surface area (Å²) < 4.78 is 13.0. The van der Waals surface area contributed by atoms with E-state index in [0.717, 1.165) is 11.3 Å². The molecule has 0 atom stereocenters. The van der Waals surface area contributed by atoms with Gasteiger partial charge in [0.05, 0.1) is 0 Å². The predicted octanol–water partition coefficient (Wildman–Crippen LogP) is 3.10. The molecule has 2 rings (SSSR count). The lowest BCUT2D eigenvalue weighted by Crippen LogP contribution is -2.13. The molecule has 0 bridgehead atoms. The number of hydrogen-bond donors (Lipinski definition) is 1. The fourth-order valence-corrected chi connectivity index (χ4v) is 1.77. The molecular weight excluding hydrogens is 243 g/mol. The van der Waals surface area contributed by atoms with Crippen molar-refractivity contribution in [3.8, 4) is 0 Å². The second-order valence-corrected chi connectivity index (χ2v) is 4.34. The minimum Gasteiger partial charge on any atom is -0.311 e. The molecule has 1 heterocycles. The number of hydrogen-bond acceptors (Lipinski definition) is 2. The van der Waals surface area contributed by atoms with Crippen LogP contribution in [0.25, 0.3) is 0 Å². The number of pyridine rings is 1. The van der Waals surface area contributed by atoms with Crippen LogP contribution in [0.3, 0.4) is 0 Å². The van der Waals surface area contributed by atoms with E-state index in [9.17, 15) is 9.18 Å². The zero-order chi connectivity index (χ0) is 13.7. The maximum absolute atomic E-state index is 13.0. The van der Waals surface area contributed by atoms with Crippen molar-refractivity contribution in [3.63, 3.8) is 0 Å². The molecule has 1 N–H and O–H groups in total. The number of benzene rings is 1. The Morgan fingerprint density at radius 3 is 2.79 bits per heavy atom. The minimum atomic E-state index is -0.279. The Bertz CT molecular complexity index is 584. The summed E-state index contributed by atoms with van der Waals surface area (Å²) in [6.07, 6.45) is 0.814. The third-order valence-electron chi connectivity index (χ3n) is 2.69. The van der Waals surface area contributed by atoms with Crippen LogP contribution >= 0.6 is 0 Å². The highest BCUT2D eigenvalue weighted by molar-refractivity contribution is 5.89. The SMILES string of the molecule is Cc1cccc(NC(=O)CCc2cccc(F)c2)n1. The number of halogens is 1. The molecule has 0 saturated carbocycles. The van der Waals surface area contributed by atoms with Crippen LogP contribution in [-0.2, 0) is 11.2 Å². The summed E-state index contributed by atoms with van der Waals surface area (Å²) in [6, 6.07) is 11.7. The predicted molar refractivity (Wildman–Crippen MR) is 72.3 cm³/mol. The van der Waals surface area contributed by atoms with Gasteiger partial charge in [-0.05, 0) is 43.2 Å². The normalized spacial score (nSPS) is 10.2. The van der Waals surface area contributed by atoms with Gasteiger partial charge in [0.25, 0.3) is 0 Å². The van der Waals surface area contributed by atoms with Crippen molar-refractivity contribution >= 4 is 11.7 Å². The molecule has 4 heteroatoms. The van der Waals surface area contributed by atoms with Crippen molar-refractivity contribution in [1.82, 2.24) is 4.98 Å². The molecule has 1 aromatic heterocycles. The highest BCUT2D eigenvalue weighted by Crippen LogP contribution is 2.08. The number of aryl methyl sites for hydroxylation is 2. The van der Waals surface area contributed by atoms with E-state index in [1.54, 1.807) is 18.2 Å². The molecule has 1 aromatic carbocycles. The minimum absolute atomic E-state index is 0.123. The van der Waals surface area contributed by atoms with Gasteiger partial charge in [0.1, 0.15) is 11.6 Å². The Morgan fingerprint density at radius 2 is 2.05 bits per heavy atom. The molecule has 2 aromatic rings. The number of nitrogens with zero attached hydrogens (tertiary/aromatic N) is 1. The van der Waals surface area contributed by atoms with Crippen LogP contribution in [0.4, 0.5) is 10.2 Å². The fraction of sp³-hybridized carbons (Fsp3) is 0.200. The lowest BCUT2D eigenvalue weighted by molar-refractivity contribution is -0.116. The van der Waals surface area contributed by atoms with Gasteiger partial charge in [0.15, 0.2) is 0 Å². The lowest BCUT2D eigenvalue weighted by Gasteiger charge is -2.05. The van der Waals surface area contributed by atoms with E-state index in [-0.39, 0.29) is 11.7 Å². The summed E-state index contributed by atoms with van der Waals surface area (Å²) >= 11 is 0. The molecule has 3 nitrogen and oxygen atoms in total. The van der Waals surface area contributed by atoms with Crippen LogP contribution in [0.5, 0.6) is 0 Å². The zero-order valence-electron chi connectivity index (χ0n) is 10.7. The van der Waals surface area contributed by atoms with Crippen molar-refractivity contribution in [3.05, 3.63) is 59.5 Å². The highest BCUT2D eigenvalue weighted by Gasteiger charge is 2.04. The topological polar surface area (TPSA) is 42.0 Å². The van der Waals surface area contributed by atoms with Crippen molar-refractivity contribution < 1.29 is 9.18 Å². The summed E-state index contributed by atoms with van der Waals surface area (Å²) in [6.45, 7) is 1.86. The first-order valence-electron chi connectivity index (χ1n) is 6.11. The van der Waals surface area contributed by atoms with Crippen molar-refractivity contribution in [2.24, 2.45) is 0 Å². The van der Waals surface area contributed by atoms with Gasteiger partial charge in [-0.1, -0.05) is 18.2 Å². The first kappa shape index (κ1) is 13.2. The van der Waals surface area contributed by atoms with Gasteiger partial charge in [-0.3, -0.25) is 4.79 Å². The summed E-state index contributed by atoms with van der Waals surface area (Å²) in [5.41, 5.74) is 1.66. The maximum atomic E-state index is 13.0. The van der Waals surface area contributed by atoms with Crippen LogP contribution in [-0.4, -0.2) is 10.9 Å². The van der Waals surface area contributed by atoms with Gasteiger partial charge in [0.2, 0.25) is 5.91 Å². The third-order valence-corrected chi connectivity index (χ3v) is 2.69. The molecule has 0 aliphatic carbocycles. The van der Waals surface area contributed by atoms with Crippen LogP contribution in [0, 0.1) is 12.7 Å². The van der Waals surface area contributed by atoms with Crippen LogP contribution in [0.15, 0.2) is 42.5 Å². The molecule has 19 heavy (non-hydrogen) atoms. The first-order chi connectivity index (χ1) is 9.13. The van der Waals surface area contributed by atoms with E-state index >= 15 is 0 Å². The van der Waals surface area contributed by atoms with Gasteiger partial charge in [-0.15, -0.1) is 0 Å². The smallest absolute Gasteiger partial charge is 0.225 e. The van der Waals surface area contributed by atoms with Gasteiger partial charge < -0.3 is 5.32 Å². The van der Waals surface area contributed by atoms with E-state index < -0.39 is 0 Å². The summed E-state index contributed by atoms with van der Waals surface area (Å²) in [7, 11) is 0. The van der Waals surface area contributed by atoms with Gasteiger partial charge in [0, 0.05) is 12.1 Å². The van der Waals surface area contributed by atoms with Crippen molar-refractivity contribution in [2.45, 2.75) is 19.8 Å². The van der Waals surface area contributed by atoms with Crippen molar-refractivity contribution in [1.29, 1.82) is 0 Å². The second kappa shape index (κ2) is 6.09. The molecule has 0 saturated heterocycles. The van der Waals surface area contributed by atoms with E-state index in [1.807, 2.05) is 19.1 Å². The molecule has 98 valence electrons. The van der Waals surface area contributed by atoms with E-state index in [0.29, 0.717) is 18.7 Å². The summed E-state index contributed by atoms with van der Waals surface area (Å²) in [5.74, 6) is 0.143. The molecular formula is C15H15FN2O. The number of amides is 1. The molecule has 0 aliphatic heterocycles. The molecule has 0 aliphatic rings. The van der Waals surface area contributed by atoms with Gasteiger partial charge in [-0.2, -0.15) is 0 Å². The van der Waals surface area contributed by atoms with Crippen molar-refractivity contribution in [2.75, 3.05) is 5.32 Å². The van der Waals surface area contributed by atoms with Crippen LogP contribution < -0.4 is 5.32 Å². The average molecular weight is 258 g/mol. The van der Waals surface area contributed by atoms with E-state index in [1.165, 1.54) is 12.1 Å². The molecule has 0 fully saturated rings. The van der Waals surface area contributed by atoms with E-state index in [2.05, 4.69) is 10.3 Å². The second-order valence-electron chi connectivity index (χ2n) is 4.34. The van der Waals surface area contributed by atoms with Crippen LogP contribution in [0.2, 0.25) is 0 Å². The number of nitrogens with one attached hydrogen (secondary N) is 1. The number of carbonyl (C=O) groups excluding carboxylic acids is 1. The Balaban J connectivity index is 1.88. The van der Waals surface area contributed by atoms with E-state index in [4.69, 9.17) is 0 Å². The number of aromatic nitrogens is 1. The van der Waals surface area contributed by atoms with Gasteiger partial charge in [-0.25, -0.2) is 9.37 Å². The number of rotatable bonds is 4. The monoisotopic (exact) mass is 258 g/mol. The molecule has 0 radical (unpaired) electrons. The highest BCUT2D eigenvalue weighted by atomic mass is 19.1. The summed E-state index contributed by atoms with van der Waals surface area (Å²) in [4.78, 5) is 15.9. The standard InChI is InChI=1S/C15H15FN2O/c1-11-4-2-7-14(17-11)18-15(19)9-8-12-5-3-6-13(16)10-12/h2-7,10H,8-9H2,1H3,(H,17,18,19). The Kier molecular flexibility index (Phi) is 4.23. The Labute approximate surface area is 111 Å². The zero-order valence-corrected chi connectivity index (χ0v) is 10.7. The number of carbonyl (C=O) groups is 1. The maximum Gasteiger partial charge on any atom is 0.225 e. The molecule has 0 spiro atoms. The Hall–Kier alpha value is -2.23. The molecule has 0 unspecified atom stereocenters. The van der Waals surface area contributed by atoms with Crippen LogP contribution in [0.1, 0.15) is 17.7 Å². The lowest BCUT2D eigenvalue weighted by atomic mass is 10.1. The first-order valence-corrected chi connectivity index (χ1v) is 6.11. The Morgan fingerprint density at radius 1 is 1.26 bits per heavy atom. The fourth-order valence-electron chi connectivity index (χ4n) is 1.77. The third kappa shape index (κ3) is 4.17. The average Bonchev–Trinajstić information content (AvgIpc) is 2.36. The largest absolute Gasteiger partial charge is 0.311 e. The molecule has 1 amide bonds. The number of anilines is 1.